The Balaban J connectivity index is 3.10. The highest BCUT2D eigenvalue weighted by molar-refractivity contribution is 7.08. The van der Waals surface area contributed by atoms with Crippen LogP contribution in [0, 0.1) is 0 Å². The number of nitrogens with one attached hydrogen (secondary N) is 1. The second-order valence-corrected chi connectivity index (χ2v) is 4.40. The lowest BCUT2D eigenvalue weighted by molar-refractivity contribution is 0.0708. The van der Waals surface area contributed by atoms with Gasteiger partial charge in [-0.2, -0.15) is 0 Å². The number of hydroxylamine groups is 1. The molecule has 1 rings (SSSR count). The molecule has 0 fully saturated rings. The van der Waals surface area contributed by atoms with E-state index in [2.05, 4.69) is 9.59 Å². The van der Waals surface area contributed by atoms with Gasteiger partial charge in [0.15, 0.2) is 0 Å². The van der Waals surface area contributed by atoms with Crippen LogP contribution in [0.3, 0.4) is 0 Å². The zero-order chi connectivity index (χ0) is 10.1. The van der Waals surface area contributed by atoms with E-state index in [9.17, 15) is 4.79 Å². The predicted molar refractivity (Wildman–Crippen MR) is 47.9 cm³/mol. The first-order valence-corrected chi connectivity index (χ1v) is 4.51. The molecule has 1 aromatic rings. The molecule has 1 aromatic heterocycles. The Morgan fingerprint density at radius 3 is 2.62 bits per heavy atom. The monoisotopic (exact) mass is 201 g/mol. The first-order valence-electron chi connectivity index (χ1n) is 3.74. The number of carbonyl (C=O) groups excluding carboxylic acids is 1. The third-order valence-electron chi connectivity index (χ3n) is 1.51. The molecule has 0 radical (unpaired) electrons. The van der Waals surface area contributed by atoms with Gasteiger partial charge in [0, 0.05) is 5.41 Å². The summed E-state index contributed by atoms with van der Waals surface area (Å²) in [7, 11) is 0. The SMILES string of the molecule is CC(C)(C)c1nnsc1C(=O)NO. The largest absolute Gasteiger partial charge is 0.288 e. The molecule has 0 unspecified atom stereocenters. The van der Waals surface area contributed by atoms with E-state index in [-0.39, 0.29) is 5.41 Å². The van der Waals surface area contributed by atoms with Gasteiger partial charge in [0.25, 0.3) is 5.91 Å². The molecule has 0 aliphatic carbocycles. The predicted octanol–water partition coefficient (Wildman–Crippen LogP) is 0.955. The molecule has 1 heterocycles. The van der Waals surface area contributed by atoms with Crippen molar-refractivity contribution in [3.63, 3.8) is 0 Å². The molecule has 0 saturated carbocycles. The van der Waals surface area contributed by atoms with Crippen LogP contribution in [0.1, 0.15) is 36.1 Å². The average molecular weight is 201 g/mol. The summed E-state index contributed by atoms with van der Waals surface area (Å²) in [6, 6.07) is 0. The molecule has 72 valence electrons. The van der Waals surface area contributed by atoms with E-state index >= 15 is 0 Å². The second-order valence-electron chi connectivity index (χ2n) is 3.64. The smallest absolute Gasteiger partial charge is 0.288 e. The van der Waals surface area contributed by atoms with Crippen LogP contribution in [-0.4, -0.2) is 20.7 Å². The minimum Gasteiger partial charge on any atom is -0.288 e. The fraction of sp³-hybridized carbons (Fsp3) is 0.571. The Morgan fingerprint density at radius 2 is 2.15 bits per heavy atom. The molecule has 0 aliphatic rings. The molecule has 0 aliphatic heterocycles. The zero-order valence-electron chi connectivity index (χ0n) is 7.66. The molecule has 1 amide bonds. The van der Waals surface area contributed by atoms with E-state index in [1.165, 1.54) is 0 Å². The minimum atomic E-state index is -0.556. The Labute approximate surface area is 79.9 Å². The van der Waals surface area contributed by atoms with E-state index in [1.54, 1.807) is 5.48 Å². The van der Waals surface area contributed by atoms with Gasteiger partial charge in [-0.1, -0.05) is 25.3 Å². The fourth-order valence-corrected chi connectivity index (χ4v) is 1.65. The highest BCUT2D eigenvalue weighted by Gasteiger charge is 2.25. The van der Waals surface area contributed by atoms with Crippen molar-refractivity contribution < 1.29 is 10.0 Å². The zero-order valence-corrected chi connectivity index (χ0v) is 8.47. The Morgan fingerprint density at radius 1 is 1.54 bits per heavy atom. The highest BCUT2D eigenvalue weighted by atomic mass is 32.1. The van der Waals surface area contributed by atoms with Crippen molar-refractivity contribution in [2.24, 2.45) is 0 Å². The van der Waals surface area contributed by atoms with Crippen molar-refractivity contribution in [3.8, 4) is 0 Å². The third kappa shape index (κ3) is 2.02. The normalized spacial score (nSPS) is 11.4. The summed E-state index contributed by atoms with van der Waals surface area (Å²) in [5, 5.41) is 12.3. The lowest BCUT2D eigenvalue weighted by Crippen LogP contribution is -2.23. The van der Waals surface area contributed by atoms with Gasteiger partial charge in [0.1, 0.15) is 4.88 Å². The third-order valence-corrected chi connectivity index (χ3v) is 2.23. The molecule has 0 aromatic carbocycles. The number of aromatic nitrogens is 2. The van der Waals surface area contributed by atoms with Gasteiger partial charge in [-0.3, -0.25) is 10.0 Å². The summed E-state index contributed by atoms with van der Waals surface area (Å²) in [5.74, 6) is -0.556. The summed E-state index contributed by atoms with van der Waals surface area (Å²) in [6.45, 7) is 5.79. The fourth-order valence-electron chi connectivity index (χ4n) is 0.881. The Hall–Kier alpha value is -1.01. The van der Waals surface area contributed by atoms with E-state index in [4.69, 9.17) is 5.21 Å². The summed E-state index contributed by atoms with van der Waals surface area (Å²) in [4.78, 5) is 11.5. The Kier molecular flexibility index (Phi) is 2.63. The van der Waals surface area contributed by atoms with Crippen molar-refractivity contribution in [2.75, 3.05) is 0 Å². The number of hydrogen-bond donors (Lipinski definition) is 2. The van der Waals surface area contributed by atoms with Crippen LogP contribution in [0.4, 0.5) is 0 Å². The van der Waals surface area contributed by atoms with Gasteiger partial charge >= 0.3 is 0 Å². The molecule has 2 N–H and O–H groups in total. The first kappa shape index (κ1) is 10.1. The van der Waals surface area contributed by atoms with Crippen molar-refractivity contribution >= 4 is 17.4 Å². The molecule has 13 heavy (non-hydrogen) atoms. The lowest BCUT2D eigenvalue weighted by Gasteiger charge is -2.15. The summed E-state index contributed by atoms with van der Waals surface area (Å²) < 4.78 is 3.68. The molecular weight excluding hydrogens is 190 g/mol. The van der Waals surface area contributed by atoms with Crippen LogP contribution in [0.5, 0.6) is 0 Å². The number of nitrogens with zero attached hydrogens (tertiary/aromatic N) is 2. The van der Waals surface area contributed by atoms with Gasteiger partial charge in [0.05, 0.1) is 5.69 Å². The lowest BCUT2D eigenvalue weighted by atomic mass is 9.91. The van der Waals surface area contributed by atoms with Crippen molar-refractivity contribution in [1.29, 1.82) is 0 Å². The van der Waals surface area contributed by atoms with Crippen LogP contribution in [0.15, 0.2) is 0 Å². The summed E-state index contributed by atoms with van der Waals surface area (Å²) in [5.41, 5.74) is 1.93. The first-order chi connectivity index (χ1) is 5.96. The molecule has 6 heteroatoms. The van der Waals surface area contributed by atoms with Gasteiger partial charge in [-0.15, -0.1) is 5.10 Å². The van der Waals surface area contributed by atoms with Gasteiger partial charge in [-0.25, -0.2) is 5.48 Å². The molecular formula is C7H11N3O2S. The number of carbonyl (C=O) groups is 1. The van der Waals surface area contributed by atoms with Crippen molar-refractivity contribution in [2.45, 2.75) is 26.2 Å². The molecule has 0 saturated heterocycles. The minimum absolute atomic E-state index is 0.241. The standard InChI is InChI=1S/C7H11N3O2S/c1-7(2,3)5-4(6(11)9-12)13-10-8-5/h12H,1-3H3,(H,9,11). The highest BCUT2D eigenvalue weighted by Crippen LogP contribution is 2.25. The van der Waals surface area contributed by atoms with E-state index in [1.807, 2.05) is 20.8 Å². The average Bonchev–Trinajstić information content (AvgIpc) is 2.49. The number of rotatable bonds is 1. The van der Waals surface area contributed by atoms with Gasteiger partial charge < -0.3 is 0 Å². The topological polar surface area (TPSA) is 75.1 Å². The Bertz CT molecular complexity index is 316. The van der Waals surface area contributed by atoms with E-state index in [0.29, 0.717) is 10.6 Å². The maximum Gasteiger partial charge on any atom is 0.288 e. The maximum atomic E-state index is 11.1. The van der Waals surface area contributed by atoms with E-state index < -0.39 is 5.91 Å². The molecule has 0 spiro atoms. The van der Waals surface area contributed by atoms with Gasteiger partial charge in [-0.05, 0) is 11.5 Å². The van der Waals surface area contributed by atoms with Crippen LogP contribution in [0.25, 0.3) is 0 Å². The van der Waals surface area contributed by atoms with Crippen molar-refractivity contribution in [1.82, 2.24) is 15.1 Å². The van der Waals surface area contributed by atoms with Crippen LogP contribution < -0.4 is 5.48 Å². The second kappa shape index (κ2) is 3.39. The molecule has 0 atom stereocenters. The maximum absolute atomic E-state index is 11.1. The molecule has 5 nitrogen and oxygen atoms in total. The van der Waals surface area contributed by atoms with Crippen LogP contribution >= 0.6 is 11.5 Å². The number of amides is 1. The quantitative estimate of drug-likeness (QED) is 0.524. The van der Waals surface area contributed by atoms with Crippen LogP contribution in [0.2, 0.25) is 0 Å². The molecule has 0 bridgehead atoms. The summed E-state index contributed by atoms with van der Waals surface area (Å²) in [6.07, 6.45) is 0. The van der Waals surface area contributed by atoms with Gasteiger partial charge in [0.2, 0.25) is 0 Å². The van der Waals surface area contributed by atoms with E-state index in [0.717, 1.165) is 11.5 Å². The number of hydrogen-bond acceptors (Lipinski definition) is 5. The van der Waals surface area contributed by atoms with Crippen molar-refractivity contribution in [3.05, 3.63) is 10.6 Å². The summed E-state index contributed by atoms with van der Waals surface area (Å²) >= 11 is 0.976. The van der Waals surface area contributed by atoms with Crippen LogP contribution in [-0.2, 0) is 5.41 Å².